The normalized spacial score (nSPS) is 14.5. The van der Waals surface area contributed by atoms with Crippen molar-refractivity contribution < 1.29 is 13.2 Å². The molecule has 6 nitrogen and oxygen atoms in total. The molecule has 0 atom stereocenters. The number of nitrogens with one attached hydrogen (secondary N) is 2. The van der Waals surface area contributed by atoms with Crippen molar-refractivity contribution in [2.24, 2.45) is 0 Å². The number of rotatable bonds is 7. The SMILES string of the molecule is CNCC(C)(C)c1ccc(Nc2nc(C(C)C)nc3c2CCN(c2ncccc2C(F)(F)F)CC3)cc1. The minimum Gasteiger partial charge on any atom is -0.355 e. The molecule has 0 unspecified atom stereocenters. The zero-order valence-corrected chi connectivity index (χ0v) is 22.1. The highest BCUT2D eigenvalue weighted by Crippen LogP contribution is 2.36. The standard InChI is InChI=1S/C28H35F3N6/c1-18(2)24-35-23-13-16-37(26-22(28(29,30)31)7-6-14-33-26)15-12-21(23)25(36-24)34-20-10-8-19(9-11-20)27(3,4)17-32-5/h6-11,14,18,32H,12-13,15-17H2,1-5H3,(H,34,35,36). The predicted octanol–water partition coefficient (Wildman–Crippen LogP) is 5.86. The Labute approximate surface area is 216 Å². The number of aromatic nitrogens is 3. The lowest BCUT2D eigenvalue weighted by molar-refractivity contribution is -0.137. The number of benzene rings is 1. The number of hydrogen-bond donors (Lipinski definition) is 2. The Morgan fingerprint density at radius 1 is 1.00 bits per heavy atom. The molecule has 0 amide bonds. The van der Waals surface area contributed by atoms with Crippen LogP contribution in [0, 0.1) is 0 Å². The highest BCUT2D eigenvalue weighted by molar-refractivity contribution is 5.62. The van der Waals surface area contributed by atoms with Crippen molar-refractivity contribution in [1.29, 1.82) is 0 Å². The van der Waals surface area contributed by atoms with E-state index in [0.29, 0.717) is 25.9 Å². The zero-order chi connectivity index (χ0) is 26.8. The second-order valence-corrected chi connectivity index (χ2v) is 10.5. The van der Waals surface area contributed by atoms with E-state index in [0.717, 1.165) is 41.2 Å². The lowest BCUT2D eigenvalue weighted by Gasteiger charge is -2.25. The van der Waals surface area contributed by atoms with Crippen molar-refractivity contribution in [2.75, 3.05) is 36.9 Å². The quantitative estimate of drug-likeness (QED) is 0.413. The third-order valence-corrected chi connectivity index (χ3v) is 6.82. The molecule has 1 aliphatic heterocycles. The first-order valence-electron chi connectivity index (χ1n) is 12.7. The van der Waals surface area contributed by atoms with E-state index in [9.17, 15) is 13.2 Å². The average Bonchev–Trinajstić information content (AvgIpc) is 3.07. The maximum Gasteiger partial charge on any atom is 0.419 e. The maximum atomic E-state index is 13.7. The van der Waals surface area contributed by atoms with E-state index in [2.05, 4.69) is 41.6 Å². The highest BCUT2D eigenvalue weighted by Gasteiger charge is 2.36. The maximum absolute atomic E-state index is 13.7. The lowest BCUT2D eigenvalue weighted by Crippen LogP contribution is -2.30. The predicted molar refractivity (Wildman–Crippen MR) is 142 cm³/mol. The van der Waals surface area contributed by atoms with Crippen LogP contribution in [0.2, 0.25) is 0 Å². The summed E-state index contributed by atoms with van der Waals surface area (Å²) in [5.41, 5.74) is 3.23. The van der Waals surface area contributed by atoms with Gasteiger partial charge in [-0.25, -0.2) is 15.0 Å². The molecule has 198 valence electrons. The van der Waals surface area contributed by atoms with Gasteiger partial charge < -0.3 is 15.5 Å². The topological polar surface area (TPSA) is 66.0 Å². The summed E-state index contributed by atoms with van der Waals surface area (Å²) in [5, 5.41) is 6.72. The molecule has 2 N–H and O–H groups in total. The minimum atomic E-state index is -4.46. The summed E-state index contributed by atoms with van der Waals surface area (Å²) in [4.78, 5) is 15.5. The molecule has 37 heavy (non-hydrogen) atoms. The largest absolute Gasteiger partial charge is 0.419 e. The molecule has 4 rings (SSSR count). The first-order valence-corrected chi connectivity index (χ1v) is 12.7. The molecule has 0 fully saturated rings. The molecule has 3 aromatic rings. The van der Waals surface area contributed by atoms with Crippen LogP contribution in [-0.4, -0.2) is 41.6 Å². The monoisotopic (exact) mass is 512 g/mol. The average molecular weight is 513 g/mol. The van der Waals surface area contributed by atoms with Crippen molar-refractivity contribution >= 4 is 17.3 Å². The van der Waals surface area contributed by atoms with Crippen molar-refractivity contribution in [2.45, 2.75) is 58.0 Å². The molecule has 0 spiro atoms. The fourth-order valence-electron chi connectivity index (χ4n) is 4.75. The van der Waals surface area contributed by atoms with Crippen LogP contribution in [0.1, 0.15) is 61.8 Å². The summed E-state index contributed by atoms with van der Waals surface area (Å²) in [6.07, 6.45) is -2.03. The molecule has 3 heterocycles. The molecule has 0 aliphatic carbocycles. The van der Waals surface area contributed by atoms with E-state index in [-0.39, 0.29) is 17.2 Å². The summed E-state index contributed by atoms with van der Waals surface area (Å²) in [6.45, 7) is 10.1. The summed E-state index contributed by atoms with van der Waals surface area (Å²) in [5.74, 6) is 1.52. The fourth-order valence-corrected chi connectivity index (χ4v) is 4.75. The summed E-state index contributed by atoms with van der Waals surface area (Å²) < 4.78 is 41.0. The number of nitrogens with zero attached hydrogens (tertiary/aromatic N) is 4. The Hall–Kier alpha value is -3.20. The third kappa shape index (κ3) is 6.04. The Morgan fingerprint density at radius 3 is 2.35 bits per heavy atom. The molecule has 0 bridgehead atoms. The number of hydrogen-bond acceptors (Lipinski definition) is 6. The summed E-state index contributed by atoms with van der Waals surface area (Å²) >= 11 is 0. The number of anilines is 3. The highest BCUT2D eigenvalue weighted by atomic mass is 19.4. The van der Waals surface area contributed by atoms with Crippen molar-refractivity contribution in [1.82, 2.24) is 20.3 Å². The smallest absolute Gasteiger partial charge is 0.355 e. The number of alkyl halides is 3. The zero-order valence-electron chi connectivity index (χ0n) is 22.1. The van der Waals surface area contributed by atoms with Crippen LogP contribution in [0.15, 0.2) is 42.6 Å². The number of pyridine rings is 1. The van der Waals surface area contributed by atoms with Gasteiger partial charge >= 0.3 is 6.18 Å². The van der Waals surface area contributed by atoms with Gasteiger partial charge in [-0.15, -0.1) is 0 Å². The molecule has 9 heteroatoms. The van der Waals surface area contributed by atoms with E-state index in [4.69, 9.17) is 9.97 Å². The van der Waals surface area contributed by atoms with Gasteiger partial charge in [0.05, 0.1) is 11.3 Å². The first-order chi connectivity index (χ1) is 17.5. The van der Waals surface area contributed by atoms with Crippen LogP contribution < -0.4 is 15.5 Å². The second kappa shape index (κ2) is 10.7. The molecular formula is C28H35F3N6. The van der Waals surface area contributed by atoms with E-state index in [1.165, 1.54) is 17.8 Å². The van der Waals surface area contributed by atoms with Gasteiger partial charge in [0.15, 0.2) is 0 Å². The molecule has 2 aromatic heterocycles. The lowest BCUT2D eigenvalue weighted by atomic mass is 9.84. The van der Waals surface area contributed by atoms with Crippen LogP contribution in [-0.2, 0) is 24.4 Å². The van der Waals surface area contributed by atoms with Crippen molar-refractivity contribution in [3.05, 3.63) is 70.8 Å². The van der Waals surface area contributed by atoms with Gasteiger partial charge in [0.2, 0.25) is 0 Å². The number of fused-ring (bicyclic) bond motifs is 1. The van der Waals surface area contributed by atoms with Crippen LogP contribution in [0.25, 0.3) is 0 Å². The van der Waals surface area contributed by atoms with E-state index >= 15 is 0 Å². The van der Waals surface area contributed by atoms with Crippen LogP contribution in [0.3, 0.4) is 0 Å². The molecule has 1 aromatic carbocycles. The fraction of sp³-hybridized carbons (Fsp3) is 0.464. The van der Waals surface area contributed by atoms with Crippen molar-refractivity contribution in [3.63, 3.8) is 0 Å². The molecule has 0 saturated heterocycles. The Balaban J connectivity index is 1.64. The van der Waals surface area contributed by atoms with Crippen molar-refractivity contribution in [3.8, 4) is 0 Å². The molecule has 1 aliphatic rings. The number of halogens is 3. The van der Waals surface area contributed by atoms with Gasteiger partial charge in [0.25, 0.3) is 0 Å². The first kappa shape index (κ1) is 26.9. The van der Waals surface area contributed by atoms with Crippen LogP contribution in [0.4, 0.5) is 30.5 Å². The van der Waals surface area contributed by atoms with E-state index < -0.39 is 11.7 Å². The van der Waals surface area contributed by atoms with Gasteiger partial charge in [-0.3, -0.25) is 0 Å². The molecule has 0 radical (unpaired) electrons. The Kier molecular flexibility index (Phi) is 7.73. The van der Waals surface area contributed by atoms with Gasteiger partial charge in [-0.1, -0.05) is 39.8 Å². The second-order valence-electron chi connectivity index (χ2n) is 10.5. The summed E-state index contributed by atoms with van der Waals surface area (Å²) in [7, 11) is 1.95. The van der Waals surface area contributed by atoms with Crippen LogP contribution in [0.5, 0.6) is 0 Å². The van der Waals surface area contributed by atoms with Gasteiger partial charge in [-0.2, -0.15) is 13.2 Å². The minimum absolute atomic E-state index is 0.00566. The Bertz CT molecular complexity index is 1220. The Morgan fingerprint density at radius 2 is 1.70 bits per heavy atom. The number of likely N-dealkylation sites (N-methyl/N-ethyl adjacent to an activating group) is 1. The third-order valence-electron chi connectivity index (χ3n) is 6.82. The van der Waals surface area contributed by atoms with Gasteiger partial charge in [0.1, 0.15) is 17.5 Å². The van der Waals surface area contributed by atoms with Gasteiger partial charge in [0, 0.05) is 54.8 Å². The molecular weight excluding hydrogens is 477 g/mol. The van der Waals surface area contributed by atoms with Crippen LogP contribution >= 0.6 is 0 Å². The molecule has 0 saturated carbocycles. The van der Waals surface area contributed by atoms with E-state index in [1.54, 1.807) is 4.90 Å². The van der Waals surface area contributed by atoms with Gasteiger partial charge in [-0.05, 0) is 43.3 Å². The summed E-state index contributed by atoms with van der Waals surface area (Å²) in [6, 6.07) is 10.7. The van der Waals surface area contributed by atoms with E-state index in [1.807, 2.05) is 33.0 Å².